The van der Waals surface area contributed by atoms with Gasteiger partial charge in [-0.1, -0.05) is 109 Å². The van der Waals surface area contributed by atoms with E-state index in [4.69, 9.17) is 19.9 Å². The van der Waals surface area contributed by atoms with Gasteiger partial charge in [0.2, 0.25) is 5.88 Å². The minimum atomic E-state index is -0.610. The van der Waals surface area contributed by atoms with Gasteiger partial charge >= 0.3 is 5.97 Å². The Labute approximate surface area is 250 Å². The summed E-state index contributed by atoms with van der Waals surface area (Å²) in [5.41, 5.74) is 10.8. The highest BCUT2D eigenvalue weighted by molar-refractivity contribution is 5.84. The molecule has 0 aliphatic carbocycles. The molecule has 0 saturated carbocycles. The normalized spacial score (nSPS) is 13.9. The predicted octanol–water partition coefficient (Wildman–Crippen LogP) is 7.22. The summed E-state index contributed by atoms with van der Waals surface area (Å²) in [5.74, 6) is -0.115. The van der Waals surface area contributed by atoms with Crippen LogP contribution in [0.4, 0.5) is 0 Å². The molecule has 0 bridgehead atoms. The Kier molecular flexibility index (Phi) is 7.88. The van der Waals surface area contributed by atoms with Crippen LogP contribution in [0.15, 0.2) is 145 Å². The number of benzene rings is 5. The molecule has 1 aliphatic rings. The lowest BCUT2D eigenvalue weighted by atomic mass is 9.83. The van der Waals surface area contributed by atoms with E-state index in [9.17, 15) is 10.1 Å². The third-order valence-corrected chi connectivity index (χ3v) is 7.35. The molecule has 5 aromatic carbocycles. The molecule has 5 aromatic rings. The second-order valence-corrected chi connectivity index (χ2v) is 10.1. The van der Waals surface area contributed by atoms with Gasteiger partial charge in [0.1, 0.15) is 41.4 Å². The minimum absolute atomic E-state index is 0.00512. The smallest absolute Gasteiger partial charge is 0.323 e. The van der Waals surface area contributed by atoms with Crippen LogP contribution < -0.4 is 19.9 Å². The van der Waals surface area contributed by atoms with E-state index < -0.39 is 17.8 Å². The lowest BCUT2D eigenvalue weighted by Gasteiger charge is -2.27. The maximum atomic E-state index is 13.6. The molecule has 0 radical (unpaired) electrons. The quantitative estimate of drug-likeness (QED) is 0.158. The zero-order valence-electron chi connectivity index (χ0n) is 23.2. The van der Waals surface area contributed by atoms with Crippen molar-refractivity contribution in [3.05, 3.63) is 173 Å². The van der Waals surface area contributed by atoms with Gasteiger partial charge in [-0.25, -0.2) is 0 Å². The third kappa shape index (κ3) is 5.97. The van der Waals surface area contributed by atoms with Crippen LogP contribution in [0.25, 0.3) is 0 Å². The van der Waals surface area contributed by atoms with E-state index in [1.165, 1.54) is 0 Å². The summed E-state index contributed by atoms with van der Waals surface area (Å²) in [4.78, 5) is 13.6. The average Bonchev–Trinajstić information content (AvgIpc) is 3.05. The number of hydrogen-bond donors (Lipinski definition) is 1. The highest BCUT2D eigenvalue weighted by Gasteiger charge is 2.32. The molecule has 6 heteroatoms. The van der Waals surface area contributed by atoms with Crippen LogP contribution in [0.1, 0.15) is 39.7 Å². The highest BCUT2D eigenvalue weighted by atomic mass is 16.5. The number of esters is 1. The van der Waals surface area contributed by atoms with Crippen molar-refractivity contribution in [1.29, 1.82) is 5.26 Å². The number of nitrogens with zero attached hydrogens (tertiary/aromatic N) is 1. The highest BCUT2D eigenvalue weighted by Crippen LogP contribution is 2.44. The fourth-order valence-electron chi connectivity index (χ4n) is 5.30. The molecule has 1 atom stereocenters. The van der Waals surface area contributed by atoms with Gasteiger partial charge in [-0.15, -0.1) is 0 Å². The SMILES string of the molecule is N#CC1=C(N)Oc2cc(OC(=O)C(c3ccccc3)c3ccccc3)ccc2C1c1cccc(OCc2ccccc2)c1. The molecule has 2 N–H and O–H groups in total. The first-order chi connectivity index (χ1) is 21.1. The maximum absolute atomic E-state index is 13.6. The van der Waals surface area contributed by atoms with Gasteiger partial charge in [-0.2, -0.15) is 5.26 Å². The summed E-state index contributed by atoms with van der Waals surface area (Å²) in [6, 6.07) is 43.9. The number of hydrogen-bond acceptors (Lipinski definition) is 6. The van der Waals surface area contributed by atoms with E-state index in [0.29, 0.717) is 29.4 Å². The second-order valence-electron chi connectivity index (χ2n) is 10.1. The summed E-state index contributed by atoms with van der Waals surface area (Å²) in [6.07, 6.45) is 0. The zero-order chi connectivity index (χ0) is 29.6. The van der Waals surface area contributed by atoms with Crippen LogP contribution in [0.5, 0.6) is 17.2 Å². The largest absolute Gasteiger partial charge is 0.489 e. The molecule has 1 aliphatic heterocycles. The van der Waals surface area contributed by atoms with E-state index in [0.717, 1.165) is 27.8 Å². The molecule has 6 rings (SSSR count). The number of nitriles is 1. The number of fused-ring (bicyclic) bond motifs is 1. The first-order valence-electron chi connectivity index (χ1n) is 13.9. The number of ether oxygens (including phenoxy) is 3. The van der Waals surface area contributed by atoms with Crippen molar-refractivity contribution < 1.29 is 19.0 Å². The third-order valence-electron chi connectivity index (χ3n) is 7.35. The van der Waals surface area contributed by atoms with Crippen LogP contribution in [-0.2, 0) is 11.4 Å². The minimum Gasteiger partial charge on any atom is -0.489 e. The Hall–Kier alpha value is -5.80. The van der Waals surface area contributed by atoms with Crippen LogP contribution in [0.2, 0.25) is 0 Å². The van der Waals surface area contributed by atoms with Crippen LogP contribution in [0.3, 0.4) is 0 Å². The number of carbonyl (C=O) groups excluding carboxylic acids is 1. The Bertz CT molecular complexity index is 1770. The van der Waals surface area contributed by atoms with Gasteiger partial charge < -0.3 is 19.9 Å². The molecular weight excluding hydrogens is 536 g/mol. The van der Waals surface area contributed by atoms with Crippen molar-refractivity contribution in [3.63, 3.8) is 0 Å². The first-order valence-corrected chi connectivity index (χ1v) is 13.9. The number of allylic oxidation sites excluding steroid dienone is 1. The fraction of sp³-hybridized carbons (Fsp3) is 0.0811. The first kappa shape index (κ1) is 27.4. The molecule has 1 unspecified atom stereocenters. The van der Waals surface area contributed by atoms with Gasteiger partial charge in [0.05, 0.1) is 5.92 Å². The summed E-state index contributed by atoms with van der Waals surface area (Å²) in [6.45, 7) is 0.416. The van der Waals surface area contributed by atoms with E-state index in [1.807, 2.05) is 121 Å². The Balaban J connectivity index is 1.29. The maximum Gasteiger partial charge on any atom is 0.323 e. The van der Waals surface area contributed by atoms with Gasteiger partial charge in [0.15, 0.2) is 0 Å². The monoisotopic (exact) mass is 564 g/mol. The Morgan fingerprint density at radius 2 is 1.44 bits per heavy atom. The summed E-state index contributed by atoms with van der Waals surface area (Å²) in [5, 5.41) is 10.0. The average molecular weight is 565 g/mol. The molecule has 0 spiro atoms. The summed E-state index contributed by atoms with van der Waals surface area (Å²) >= 11 is 0. The number of rotatable bonds is 8. The zero-order valence-corrected chi connectivity index (χ0v) is 23.2. The van der Waals surface area contributed by atoms with Crippen molar-refractivity contribution in [2.24, 2.45) is 5.73 Å². The van der Waals surface area contributed by atoms with Crippen molar-refractivity contribution in [3.8, 4) is 23.3 Å². The number of carbonyl (C=O) groups is 1. The fourth-order valence-corrected chi connectivity index (χ4v) is 5.30. The summed E-state index contributed by atoms with van der Waals surface area (Å²) < 4.78 is 17.8. The van der Waals surface area contributed by atoms with Crippen molar-refractivity contribution in [2.75, 3.05) is 0 Å². The van der Waals surface area contributed by atoms with Gasteiger partial charge in [-0.05, 0) is 40.5 Å². The Morgan fingerprint density at radius 1 is 0.791 bits per heavy atom. The lowest BCUT2D eigenvalue weighted by Crippen LogP contribution is -2.22. The van der Waals surface area contributed by atoms with E-state index in [-0.39, 0.29) is 5.88 Å². The topological polar surface area (TPSA) is 94.6 Å². The molecular formula is C37H28N2O4. The van der Waals surface area contributed by atoms with Crippen molar-refractivity contribution >= 4 is 5.97 Å². The van der Waals surface area contributed by atoms with Gasteiger partial charge in [0, 0.05) is 11.6 Å². The molecule has 43 heavy (non-hydrogen) atoms. The van der Waals surface area contributed by atoms with Gasteiger partial charge in [0.25, 0.3) is 0 Å². The molecule has 1 heterocycles. The van der Waals surface area contributed by atoms with E-state index in [2.05, 4.69) is 6.07 Å². The number of nitrogens with two attached hydrogens (primary N) is 1. The molecule has 0 fully saturated rings. The van der Waals surface area contributed by atoms with Gasteiger partial charge in [-0.3, -0.25) is 4.79 Å². The predicted molar refractivity (Wildman–Crippen MR) is 163 cm³/mol. The standard InChI is InChI=1S/C37H28N2O4/c38-23-32-35(28-17-10-18-29(21-28)41-24-25-11-4-1-5-12-25)31-20-19-30(22-33(31)43-36(32)39)42-37(40)34(26-13-6-2-7-14-26)27-15-8-3-9-16-27/h1-22,34-35H,24,39H2. The molecule has 6 nitrogen and oxygen atoms in total. The van der Waals surface area contributed by atoms with Crippen LogP contribution in [0, 0.1) is 11.3 Å². The van der Waals surface area contributed by atoms with Crippen molar-refractivity contribution in [2.45, 2.75) is 18.4 Å². The van der Waals surface area contributed by atoms with Crippen LogP contribution >= 0.6 is 0 Å². The van der Waals surface area contributed by atoms with E-state index >= 15 is 0 Å². The van der Waals surface area contributed by atoms with Crippen LogP contribution in [-0.4, -0.2) is 5.97 Å². The molecule has 0 aromatic heterocycles. The van der Waals surface area contributed by atoms with E-state index in [1.54, 1.807) is 12.1 Å². The molecule has 210 valence electrons. The second kappa shape index (κ2) is 12.4. The Morgan fingerprint density at radius 3 is 2.09 bits per heavy atom. The molecule has 0 amide bonds. The summed E-state index contributed by atoms with van der Waals surface area (Å²) in [7, 11) is 0. The van der Waals surface area contributed by atoms with Crippen molar-refractivity contribution in [1.82, 2.24) is 0 Å². The lowest BCUT2D eigenvalue weighted by molar-refractivity contribution is -0.135. The molecule has 0 saturated heterocycles.